The monoisotopic (exact) mass is 226 g/mol. The van der Waals surface area contributed by atoms with Gasteiger partial charge in [0, 0.05) is 17.3 Å². The van der Waals surface area contributed by atoms with E-state index in [2.05, 4.69) is 12.2 Å². The van der Waals surface area contributed by atoms with Gasteiger partial charge in [-0.25, -0.2) is 0 Å². The number of rotatable bonds is 4. The number of nitrogens with two attached hydrogens (primary N) is 1. The number of hydrogen-bond donors (Lipinski definition) is 2. The highest BCUT2D eigenvalue weighted by atomic mass is 35.5. The van der Waals surface area contributed by atoms with Crippen LogP contribution in [-0.2, 0) is 0 Å². The Morgan fingerprint density at radius 2 is 2.27 bits per heavy atom. The number of nitrogen functional groups attached to an aromatic ring is 1. The molecule has 3 nitrogen and oxygen atoms in total. The fraction of sp³-hybridized carbons (Fsp3) is 0.364. The summed E-state index contributed by atoms with van der Waals surface area (Å²) in [4.78, 5) is 11.6. The average molecular weight is 227 g/mol. The zero-order valence-electron chi connectivity index (χ0n) is 8.72. The minimum atomic E-state index is -0.163. The summed E-state index contributed by atoms with van der Waals surface area (Å²) < 4.78 is 0. The first-order valence-corrected chi connectivity index (χ1v) is 5.36. The Kier molecular flexibility index (Phi) is 4.43. The molecule has 0 aliphatic rings. The van der Waals surface area contributed by atoms with Crippen LogP contribution in [0.15, 0.2) is 18.2 Å². The first-order chi connectivity index (χ1) is 7.15. The highest BCUT2D eigenvalue weighted by Crippen LogP contribution is 2.17. The maximum absolute atomic E-state index is 11.6. The standard InChI is InChI=1S/C11H15ClN2O/c1-2-3-6-14-11(15)9-7-8(12)4-5-10(9)13/h4-5,7H,2-3,6,13H2,1H3,(H,14,15). The Labute approximate surface area is 94.6 Å². The number of halogens is 1. The third kappa shape index (κ3) is 3.44. The summed E-state index contributed by atoms with van der Waals surface area (Å²) in [7, 11) is 0. The second kappa shape index (κ2) is 5.61. The van der Waals surface area contributed by atoms with Crippen LogP contribution in [0.25, 0.3) is 0 Å². The van der Waals surface area contributed by atoms with E-state index >= 15 is 0 Å². The molecule has 0 radical (unpaired) electrons. The van der Waals surface area contributed by atoms with Crippen LogP contribution in [0, 0.1) is 0 Å². The topological polar surface area (TPSA) is 55.1 Å². The van der Waals surface area contributed by atoms with E-state index in [1.165, 1.54) is 0 Å². The zero-order valence-corrected chi connectivity index (χ0v) is 9.47. The van der Waals surface area contributed by atoms with Crippen LogP contribution in [0.3, 0.4) is 0 Å². The Morgan fingerprint density at radius 1 is 1.53 bits per heavy atom. The van der Waals surface area contributed by atoms with E-state index in [1.807, 2.05) is 0 Å². The first-order valence-electron chi connectivity index (χ1n) is 4.98. The lowest BCUT2D eigenvalue weighted by Crippen LogP contribution is -2.25. The number of benzene rings is 1. The van der Waals surface area contributed by atoms with Crippen LogP contribution in [0.5, 0.6) is 0 Å². The van der Waals surface area contributed by atoms with Crippen molar-refractivity contribution in [3.05, 3.63) is 28.8 Å². The van der Waals surface area contributed by atoms with E-state index in [-0.39, 0.29) is 5.91 Å². The van der Waals surface area contributed by atoms with Crippen molar-refractivity contribution in [3.63, 3.8) is 0 Å². The third-order valence-corrected chi connectivity index (χ3v) is 2.31. The van der Waals surface area contributed by atoms with E-state index in [9.17, 15) is 4.79 Å². The molecule has 0 fully saturated rings. The summed E-state index contributed by atoms with van der Waals surface area (Å²) in [6.45, 7) is 2.74. The molecule has 15 heavy (non-hydrogen) atoms. The molecular formula is C11H15ClN2O. The summed E-state index contributed by atoms with van der Waals surface area (Å²) in [5.41, 5.74) is 6.57. The van der Waals surface area contributed by atoms with E-state index in [1.54, 1.807) is 18.2 Å². The molecule has 0 saturated carbocycles. The van der Waals surface area contributed by atoms with Gasteiger partial charge in [0.15, 0.2) is 0 Å². The minimum Gasteiger partial charge on any atom is -0.398 e. The molecule has 0 atom stereocenters. The lowest BCUT2D eigenvalue weighted by molar-refractivity contribution is 0.0954. The van der Waals surface area contributed by atoms with Gasteiger partial charge >= 0.3 is 0 Å². The summed E-state index contributed by atoms with van der Waals surface area (Å²) in [5.74, 6) is -0.163. The largest absolute Gasteiger partial charge is 0.398 e. The highest BCUT2D eigenvalue weighted by Gasteiger charge is 2.08. The summed E-state index contributed by atoms with van der Waals surface area (Å²) in [6, 6.07) is 4.88. The van der Waals surface area contributed by atoms with Gasteiger partial charge < -0.3 is 11.1 Å². The minimum absolute atomic E-state index is 0.163. The summed E-state index contributed by atoms with van der Waals surface area (Å²) >= 11 is 5.79. The fourth-order valence-corrected chi connectivity index (χ4v) is 1.37. The molecule has 1 amide bonds. The maximum Gasteiger partial charge on any atom is 0.253 e. The van der Waals surface area contributed by atoms with Crippen molar-refractivity contribution in [2.45, 2.75) is 19.8 Å². The Balaban J connectivity index is 2.68. The summed E-state index contributed by atoms with van der Waals surface area (Å²) in [5, 5.41) is 3.31. The highest BCUT2D eigenvalue weighted by molar-refractivity contribution is 6.31. The van der Waals surface area contributed by atoms with Crippen molar-refractivity contribution < 1.29 is 4.79 Å². The molecule has 3 N–H and O–H groups in total. The second-order valence-corrected chi connectivity index (χ2v) is 3.78. The van der Waals surface area contributed by atoms with Crippen LogP contribution < -0.4 is 11.1 Å². The van der Waals surface area contributed by atoms with E-state index in [0.29, 0.717) is 22.8 Å². The average Bonchev–Trinajstić information content (AvgIpc) is 2.22. The van der Waals surface area contributed by atoms with Gasteiger partial charge in [-0.1, -0.05) is 24.9 Å². The quantitative estimate of drug-likeness (QED) is 0.612. The van der Waals surface area contributed by atoms with Gasteiger partial charge in [-0.15, -0.1) is 0 Å². The van der Waals surface area contributed by atoms with Crippen LogP contribution in [0.2, 0.25) is 5.02 Å². The number of carbonyl (C=O) groups excluding carboxylic acids is 1. The van der Waals surface area contributed by atoms with Gasteiger partial charge in [0.05, 0.1) is 5.56 Å². The van der Waals surface area contributed by atoms with Gasteiger partial charge in [-0.2, -0.15) is 0 Å². The van der Waals surface area contributed by atoms with Crippen LogP contribution in [0.4, 0.5) is 5.69 Å². The van der Waals surface area contributed by atoms with Crippen LogP contribution in [-0.4, -0.2) is 12.5 Å². The normalized spacial score (nSPS) is 10.0. The predicted molar refractivity (Wildman–Crippen MR) is 63.1 cm³/mol. The molecule has 0 aliphatic carbocycles. The number of amides is 1. The van der Waals surface area contributed by atoms with Gasteiger partial charge in [0.25, 0.3) is 5.91 Å². The smallest absolute Gasteiger partial charge is 0.253 e. The number of anilines is 1. The molecule has 4 heteroatoms. The number of hydrogen-bond acceptors (Lipinski definition) is 2. The van der Waals surface area contributed by atoms with Crippen molar-refractivity contribution in [3.8, 4) is 0 Å². The summed E-state index contributed by atoms with van der Waals surface area (Å²) in [6.07, 6.45) is 2.01. The van der Waals surface area contributed by atoms with Gasteiger partial charge in [-0.05, 0) is 24.6 Å². The maximum atomic E-state index is 11.6. The van der Waals surface area contributed by atoms with E-state index < -0.39 is 0 Å². The number of nitrogens with one attached hydrogen (secondary N) is 1. The first kappa shape index (κ1) is 11.9. The van der Waals surface area contributed by atoms with Gasteiger partial charge in [0.2, 0.25) is 0 Å². The number of unbranched alkanes of at least 4 members (excludes halogenated alkanes) is 1. The Hall–Kier alpha value is -1.22. The van der Waals surface area contributed by atoms with Crippen LogP contribution >= 0.6 is 11.6 Å². The van der Waals surface area contributed by atoms with Crippen molar-refractivity contribution in [2.75, 3.05) is 12.3 Å². The van der Waals surface area contributed by atoms with Crippen LogP contribution in [0.1, 0.15) is 30.1 Å². The molecule has 0 heterocycles. The van der Waals surface area contributed by atoms with Gasteiger partial charge in [-0.3, -0.25) is 4.79 Å². The fourth-order valence-electron chi connectivity index (χ4n) is 1.20. The molecular weight excluding hydrogens is 212 g/mol. The van der Waals surface area contributed by atoms with Crippen molar-refractivity contribution in [2.24, 2.45) is 0 Å². The molecule has 0 aromatic heterocycles. The second-order valence-electron chi connectivity index (χ2n) is 3.34. The lowest BCUT2D eigenvalue weighted by atomic mass is 10.1. The molecule has 0 spiro atoms. The van der Waals surface area contributed by atoms with Crippen molar-refractivity contribution in [1.29, 1.82) is 0 Å². The Bertz CT molecular complexity index is 352. The third-order valence-electron chi connectivity index (χ3n) is 2.08. The molecule has 0 unspecified atom stereocenters. The predicted octanol–water partition coefficient (Wildman–Crippen LogP) is 2.45. The zero-order chi connectivity index (χ0) is 11.3. The molecule has 1 rings (SSSR count). The molecule has 1 aromatic carbocycles. The van der Waals surface area contributed by atoms with E-state index in [0.717, 1.165) is 12.8 Å². The Morgan fingerprint density at radius 3 is 2.93 bits per heavy atom. The van der Waals surface area contributed by atoms with E-state index in [4.69, 9.17) is 17.3 Å². The van der Waals surface area contributed by atoms with Crippen molar-refractivity contribution >= 4 is 23.2 Å². The molecule has 82 valence electrons. The SMILES string of the molecule is CCCCNC(=O)c1cc(Cl)ccc1N. The lowest BCUT2D eigenvalue weighted by Gasteiger charge is -2.07. The molecule has 0 saturated heterocycles. The van der Waals surface area contributed by atoms with Crippen molar-refractivity contribution in [1.82, 2.24) is 5.32 Å². The molecule has 0 aliphatic heterocycles. The van der Waals surface area contributed by atoms with Gasteiger partial charge in [0.1, 0.15) is 0 Å². The molecule has 1 aromatic rings. The molecule has 0 bridgehead atoms. The number of carbonyl (C=O) groups is 1.